The Morgan fingerprint density at radius 1 is 1.00 bits per heavy atom. The van der Waals surface area contributed by atoms with Gasteiger partial charge in [-0.3, -0.25) is 0 Å². The van der Waals surface area contributed by atoms with Crippen LogP contribution in [0.5, 0.6) is 0 Å². The average Bonchev–Trinajstić information content (AvgIpc) is 2.48. The van der Waals surface area contributed by atoms with Gasteiger partial charge in [0.25, 0.3) is 0 Å². The van der Waals surface area contributed by atoms with E-state index in [4.69, 9.17) is 5.73 Å². The van der Waals surface area contributed by atoms with Crippen molar-refractivity contribution in [1.82, 2.24) is 0 Å². The van der Waals surface area contributed by atoms with E-state index in [1.807, 2.05) is 30.3 Å². The van der Waals surface area contributed by atoms with Crippen LogP contribution in [0.3, 0.4) is 0 Å². The number of fused-ring (bicyclic) bond motifs is 1. The second-order valence-corrected chi connectivity index (χ2v) is 6.37. The summed E-state index contributed by atoms with van der Waals surface area (Å²) in [6, 6.07) is 11.1. The number of nitrogens with two attached hydrogens (primary N) is 1. The van der Waals surface area contributed by atoms with E-state index in [1.54, 1.807) is 6.07 Å². The van der Waals surface area contributed by atoms with Crippen LogP contribution in [0.2, 0.25) is 0 Å². The van der Waals surface area contributed by atoms with Crippen molar-refractivity contribution in [2.24, 2.45) is 11.1 Å². The summed E-state index contributed by atoms with van der Waals surface area (Å²) in [4.78, 5) is 0. The number of rotatable bonds is 2. The first kappa shape index (κ1) is 13.6. The molecular formula is C18H22FN. The first-order chi connectivity index (χ1) is 9.62. The molecule has 20 heavy (non-hydrogen) atoms. The van der Waals surface area contributed by atoms with E-state index in [0.717, 1.165) is 10.9 Å². The number of hydrogen-bond donors (Lipinski definition) is 1. The van der Waals surface area contributed by atoms with E-state index < -0.39 is 0 Å². The normalized spacial score (nSPS) is 19.9. The highest BCUT2D eigenvalue weighted by molar-refractivity contribution is 5.86. The lowest BCUT2D eigenvalue weighted by molar-refractivity contribution is 0.171. The molecule has 1 atom stereocenters. The van der Waals surface area contributed by atoms with Crippen molar-refractivity contribution >= 4 is 10.8 Å². The lowest BCUT2D eigenvalue weighted by Crippen LogP contribution is -2.34. The Morgan fingerprint density at radius 2 is 1.65 bits per heavy atom. The van der Waals surface area contributed by atoms with Crippen LogP contribution < -0.4 is 5.73 Å². The highest BCUT2D eigenvalue weighted by Crippen LogP contribution is 2.45. The molecule has 0 radical (unpaired) electrons. The van der Waals surface area contributed by atoms with Crippen molar-refractivity contribution < 1.29 is 4.39 Å². The third-order valence-electron chi connectivity index (χ3n) is 4.99. The third-order valence-corrected chi connectivity index (χ3v) is 4.99. The maximum Gasteiger partial charge on any atom is 0.131 e. The Kier molecular flexibility index (Phi) is 3.51. The first-order valence-corrected chi connectivity index (χ1v) is 7.54. The van der Waals surface area contributed by atoms with E-state index in [-0.39, 0.29) is 17.3 Å². The van der Waals surface area contributed by atoms with Crippen molar-refractivity contribution in [3.05, 3.63) is 47.8 Å². The van der Waals surface area contributed by atoms with E-state index in [1.165, 1.54) is 32.1 Å². The summed E-state index contributed by atoms with van der Waals surface area (Å²) in [5.41, 5.74) is 7.82. The van der Waals surface area contributed by atoms with Gasteiger partial charge in [-0.15, -0.1) is 0 Å². The van der Waals surface area contributed by atoms with Gasteiger partial charge in [0.05, 0.1) is 0 Å². The van der Waals surface area contributed by atoms with Gasteiger partial charge in [0.15, 0.2) is 0 Å². The summed E-state index contributed by atoms with van der Waals surface area (Å²) in [6.07, 6.45) is 6.15. The Morgan fingerprint density at radius 3 is 2.35 bits per heavy atom. The summed E-state index contributed by atoms with van der Waals surface area (Å²) >= 11 is 0. The van der Waals surface area contributed by atoms with E-state index in [2.05, 4.69) is 6.92 Å². The first-order valence-electron chi connectivity index (χ1n) is 7.54. The minimum absolute atomic E-state index is 0.0201. The number of benzene rings is 2. The molecule has 106 valence electrons. The molecule has 1 saturated carbocycles. The largest absolute Gasteiger partial charge is 0.323 e. The molecule has 2 N–H and O–H groups in total. The Labute approximate surface area is 120 Å². The monoisotopic (exact) mass is 271 g/mol. The molecule has 3 rings (SSSR count). The van der Waals surface area contributed by atoms with Crippen LogP contribution in [0.1, 0.15) is 50.6 Å². The summed E-state index contributed by atoms with van der Waals surface area (Å²) in [7, 11) is 0. The molecule has 0 amide bonds. The fourth-order valence-corrected chi connectivity index (χ4v) is 3.60. The fraction of sp³-hybridized carbons (Fsp3) is 0.444. The van der Waals surface area contributed by atoms with Crippen molar-refractivity contribution in [2.45, 2.75) is 45.1 Å². The van der Waals surface area contributed by atoms with Crippen molar-refractivity contribution in [3.8, 4) is 0 Å². The molecule has 1 fully saturated rings. The van der Waals surface area contributed by atoms with Gasteiger partial charge >= 0.3 is 0 Å². The minimum Gasteiger partial charge on any atom is -0.323 e. The zero-order valence-corrected chi connectivity index (χ0v) is 12.0. The SMILES string of the molecule is CC1(C(N)c2ccc(F)c3ccccc23)CCCCC1. The standard InChI is InChI=1S/C18H22FN/c1-18(11-5-2-6-12-18)17(20)15-9-10-16(19)14-8-4-3-7-13(14)15/h3-4,7-10,17H,2,5-6,11-12,20H2,1H3. The van der Waals surface area contributed by atoms with Gasteiger partial charge in [-0.25, -0.2) is 4.39 Å². The maximum atomic E-state index is 13.9. The molecule has 2 aromatic rings. The lowest BCUT2D eigenvalue weighted by atomic mass is 9.68. The molecule has 1 aliphatic carbocycles. The van der Waals surface area contributed by atoms with Crippen LogP contribution in [0.15, 0.2) is 36.4 Å². The average molecular weight is 271 g/mol. The van der Waals surface area contributed by atoms with E-state index >= 15 is 0 Å². The molecular weight excluding hydrogens is 249 g/mol. The van der Waals surface area contributed by atoms with Crippen LogP contribution in [0.4, 0.5) is 4.39 Å². The molecule has 1 unspecified atom stereocenters. The zero-order chi connectivity index (χ0) is 14.2. The van der Waals surface area contributed by atoms with Crippen molar-refractivity contribution in [2.75, 3.05) is 0 Å². The molecule has 1 nitrogen and oxygen atoms in total. The van der Waals surface area contributed by atoms with Gasteiger partial charge in [-0.05, 0) is 35.3 Å². The minimum atomic E-state index is -0.162. The predicted octanol–water partition coefficient (Wildman–Crippen LogP) is 4.95. The highest BCUT2D eigenvalue weighted by Gasteiger charge is 2.34. The predicted molar refractivity (Wildman–Crippen MR) is 82.0 cm³/mol. The van der Waals surface area contributed by atoms with E-state index in [0.29, 0.717) is 5.39 Å². The van der Waals surface area contributed by atoms with Crippen LogP contribution in [0.25, 0.3) is 10.8 Å². The van der Waals surface area contributed by atoms with Crippen LogP contribution in [-0.2, 0) is 0 Å². The summed E-state index contributed by atoms with van der Waals surface area (Å²) in [5.74, 6) is -0.162. The Hall–Kier alpha value is -1.41. The van der Waals surface area contributed by atoms with Gasteiger partial charge in [-0.2, -0.15) is 0 Å². The molecule has 0 heterocycles. The molecule has 0 saturated heterocycles. The van der Waals surface area contributed by atoms with Gasteiger partial charge in [0.2, 0.25) is 0 Å². The van der Waals surface area contributed by atoms with Gasteiger partial charge in [0, 0.05) is 11.4 Å². The topological polar surface area (TPSA) is 26.0 Å². The smallest absolute Gasteiger partial charge is 0.131 e. The summed E-state index contributed by atoms with van der Waals surface area (Å²) in [6.45, 7) is 2.29. The van der Waals surface area contributed by atoms with Crippen LogP contribution >= 0.6 is 0 Å². The maximum absolute atomic E-state index is 13.9. The van der Waals surface area contributed by atoms with Crippen molar-refractivity contribution in [3.63, 3.8) is 0 Å². The summed E-state index contributed by atoms with van der Waals surface area (Å²) in [5, 5.41) is 1.65. The molecule has 2 aromatic carbocycles. The third kappa shape index (κ3) is 2.22. The Bertz CT molecular complexity index is 614. The van der Waals surface area contributed by atoms with Crippen molar-refractivity contribution in [1.29, 1.82) is 0 Å². The molecule has 0 spiro atoms. The highest BCUT2D eigenvalue weighted by atomic mass is 19.1. The second-order valence-electron chi connectivity index (χ2n) is 6.37. The molecule has 2 heteroatoms. The fourth-order valence-electron chi connectivity index (χ4n) is 3.60. The van der Waals surface area contributed by atoms with Crippen LogP contribution in [0, 0.1) is 11.2 Å². The van der Waals surface area contributed by atoms with Gasteiger partial charge < -0.3 is 5.73 Å². The van der Waals surface area contributed by atoms with Gasteiger partial charge in [-0.1, -0.05) is 56.5 Å². The molecule has 1 aliphatic rings. The van der Waals surface area contributed by atoms with E-state index in [9.17, 15) is 4.39 Å². The number of hydrogen-bond acceptors (Lipinski definition) is 1. The zero-order valence-electron chi connectivity index (χ0n) is 12.0. The lowest BCUT2D eigenvalue weighted by Gasteiger charge is -2.39. The number of halogens is 1. The Balaban J connectivity index is 2.08. The summed E-state index contributed by atoms with van der Waals surface area (Å²) < 4.78 is 13.9. The van der Waals surface area contributed by atoms with Crippen LogP contribution in [-0.4, -0.2) is 0 Å². The molecule has 0 aliphatic heterocycles. The van der Waals surface area contributed by atoms with Gasteiger partial charge in [0.1, 0.15) is 5.82 Å². The molecule has 0 aromatic heterocycles. The second kappa shape index (κ2) is 5.17. The molecule has 0 bridgehead atoms. The quantitative estimate of drug-likeness (QED) is 0.821.